The Labute approximate surface area is 132 Å². The number of rotatable bonds is 4. The first kappa shape index (κ1) is 15.7. The van der Waals surface area contributed by atoms with Crippen molar-refractivity contribution in [3.8, 4) is 0 Å². The average Bonchev–Trinajstić information content (AvgIpc) is 2.75. The van der Waals surface area contributed by atoms with Crippen LogP contribution < -0.4 is 0 Å². The van der Waals surface area contributed by atoms with Crippen molar-refractivity contribution in [3.05, 3.63) is 33.4 Å². The van der Waals surface area contributed by atoms with Crippen LogP contribution in [0.3, 0.4) is 0 Å². The van der Waals surface area contributed by atoms with Gasteiger partial charge in [0.15, 0.2) is 11.4 Å². The van der Waals surface area contributed by atoms with E-state index in [-0.39, 0.29) is 0 Å². The monoisotopic (exact) mass is 390 g/mol. The summed E-state index contributed by atoms with van der Waals surface area (Å²) in [6.45, 7) is 5.49. The van der Waals surface area contributed by atoms with E-state index in [2.05, 4.69) is 22.6 Å². The smallest absolute Gasteiger partial charge is 0.338 e. The van der Waals surface area contributed by atoms with Crippen molar-refractivity contribution in [2.75, 3.05) is 0 Å². The van der Waals surface area contributed by atoms with Gasteiger partial charge in [-0.1, -0.05) is 32.0 Å². The zero-order valence-electron chi connectivity index (χ0n) is 11.9. The minimum absolute atomic E-state index is 0.604. The third-order valence-corrected chi connectivity index (χ3v) is 4.90. The lowest BCUT2D eigenvalue weighted by Gasteiger charge is -2.26. The third-order valence-electron chi connectivity index (χ3n) is 3.92. The van der Waals surface area contributed by atoms with Gasteiger partial charge in [0.2, 0.25) is 0 Å². The number of carboxylic acid groups (broad SMARTS) is 1. The van der Waals surface area contributed by atoms with Gasteiger partial charge in [-0.25, -0.2) is 4.79 Å². The van der Waals surface area contributed by atoms with Crippen LogP contribution in [0.2, 0.25) is 0 Å². The Morgan fingerprint density at radius 1 is 1.35 bits per heavy atom. The number of halogens is 1. The van der Waals surface area contributed by atoms with E-state index < -0.39 is 23.5 Å². The predicted octanol–water partition coefficient (Wildman–Crippen LogP) is 3.74. The summed E-state index contributed by atoms with van der Waals surface area (Å²) in [6.07, 6.45) is 0.631. The summed E-state index contributed by atoms with van der Waals surface area (Å²) in [5, 5.41) is 9.61. The van der Waals surface area contributed by atoms with Crippen LogP contribution in [-0.4, -0.2) is 22.5 Å². The minimum Gasteiger partial charge on any atom is -0.479 e. The summed E-state index contributed by atoms with van der Waals surface area (Å²) in [5.41, 5.74) is -0.505. The average molecular weight is 390 g/mol. The van der Waals surface area contributed by atoms with E-state index in [0.29, 0.717) is 12.8 Å². The number of aliphatic carboxylic acids is 1. The molecule has 1 saturated heterocycles. The number of hydrogen-bond acceptors (Lipinski definition) is 3. The molecule has 2 rings (SSSR count). The van der Waals surface area contributed by atoms with Gasteiger partial charge in [0.1, 0.15) is 6.10 Å². The first-order valence-corrected chi connectivity index (χ1v) is 7.82. The van der Waals surface area contributed by atoms with Gasteiger partial charge in [0.05, 0.1) is 0 Å². The quantitative estimate of drug-likeness (QED) is 0.796. The normalized spacial score (nSPS) is 28.5. The maximum atomic E-state index is 11.7. The van der Waals surface area contributed by atoms with E-state index >= 15 is 0 Å². The van der Waals surface area contributed by atoms with Gasteiger partial charge in [0.25, 0.3) is 0 Å². The van der Waals surface area contributed by atoms with E-state index in [9.17, 15) is 9.90 Å². The van der Waals surface area contributed by atoms with Crippen molar-refractivity contribution < 1.29 is 19.4 Å². The number of ether oxygens (including phenoxy) is 2. The molecule has 0 radical (unpaired) electrons. The van der Waals surface area contributed by atoms with Gasteiger partial charge < -0.3 is 14.6 Å². The molecule has 1 aromatic rings. The molecule has 1 fully saturated rings. The SMILES string of the molecule is CCC1(CC)O[C@@H](c2ccccc2I)[C@](C)(C(=O)O)O1. The van der Waals surface area contributed by atoms with E-state index in [4.69, 9.17) is 9.47 Å². The Hall–Kier alpha value is -0.660. The molecule has 1 heterocycles. The van der Waals surface area contributed by atoms with Crippen molar-refractivity contribution in [2.24, 2.45) is 0 Å². The Bertz CT molecular complexity index is 512. The molecule has 20 heavy (non-hydrogen) atoms. The Balaban J connectivity index is 2.50. The highest BCUT2D eigenvalue weighted by Gasteiger charge is 2.58. The molecule has 0 aliphatic carbocycles. The van der Waals surface area contributed by atoms with Crippen LogP contribution in [0.5, 0.6) is 0 Å². The zero-order chi connectivity index (χ0) is 15.0. The van der Waals surface area contributed by atoms with Crippen LogP contribution in [-0.2, 0) is 14.3 Å². The second-order valence-corrected chi connectivity index (χ2v) is 6.31. The van der Waals surface area contributed by atoms with Crippen molar-refractivity contribution in [2.45, 2.75) is 51.1 Å². The lowest BCUT2D eigenvalue weighted by molar-refractivity contribution is -0.200. The van der Waals surface area contributed by atoms with E-state index in [0.717, 1.165) is 9.13 Å². The van der Waals surface area contributed by atoms with Crippen LogP contribution in [0.1, 0.15) is 45.3 Å². The second-order valence-electron chi connectivity index (χ2n) is 5.15. The molecule has 1 aliphatic rings. The number of carbonyl (C=O) groups is 1. The minimum atomic E-state index is -1.37. The fraction of sp³-hybridized carbons (Fsp3) is 0.533. The molecule has 0 amide bonds. The van der Waals surface area contributed by atoms with Crippen molar-refractivity contribution in [3.63, 3.8) is 0 Å². The van der Waals surface area contributed by atoms with Gasteiger partial charge in [-0.3, -0.25) is 0 Å². The van der Waals surface area contributed by atoms with Gasteiger partial charge >= 0.3 is 5.97 Å². The zero-order valence-corrected chi connectivity index (χ0v) is 14.0. The van der Waals surface area contributed by atoms with Gasteiger partial charge in [-0.2, -0.15) is 0 Å². The molecule has 0 bridgehead atoms. The highest BCUT2D eigenvalue weighted by molar-refractivity contribution is 14.1. The summed E-state index contributed by atoms with van der Waals surface area (Å²) in [4.78, 5) is 11.7. The van der Waals surface area contributed by atoms with Crippen molar-refractivity contribution in [1.82, 2.24) is 0 Å². The predicted molar refractivity (Wildman–Crippen MR) is 83.4 cm³/mol. The van der Waals surface area contributed by atoms with Crippen molar-refractivity contribution >= 4 is 28.6 Å². The molecule has 4 nitrogen and oxygen atoms in total. The van der Waals surface area contributed by atoms with E-state index in [1.807, 2.05) is 38.1 Å². The third kappa shape index (κ3) is 2.46. The molecule has 2 atom stereocenters. The molecule has 110 valence electrons. The number of hydrogen-bond donors (Lipinski definition) is 1. The lowest BCUT2D eigenvalue weighted by Crippen LogP contribution is -2.42. The molecular weight excluding hydrogens is 371 g/mol. The van der Waals surface area contributed by atoms with Crippen LogP contribution in [0.25, 0.3) is 0 Å². The number of benzene rings is 1. The van der Waals surface area contributed by atoms with E-state index in [1.54, 1.807) is 6.92 Å². The summed E-state index contributed by atoms with van der Waals surface area (Å²) in [5.74, 6) is -1.82. The largest absolute Gasteiger partial charge is 0.479 e. The highest BCUT2D eigenvalue weighted by atomic mass is 127. The summed E-state index contributed by atoms with van der Waals surface area (Å²) >= 11 is 2.20. The maximum Gasteiger partial charge on any atom is 0.338 e. The first-order valence-electron chi connectivity index (χ1n) is 6.74. The molecule has 1 N–H and O–H groups in total. The molecular formula is C15H19IO4. The molecule has 1 aromatic carbocycles. The second kappa shape index (κ2) is 5.61. The molecule has 5 heteroatoms. The molecule has 0 spiro atoms. The van der Waals surface area contributed by atoms with Crippen molar-refractivity contribution in [1.29, 1.82) is 0 Å². The molecule has 0 aromatic heterocycles. The van der Waals surface area contributed by atoms with Crippen LogP contribution in [0, 0.1) is 3.57 Å². The Morgan fingerprint density at radius 2 is 1.95 bits per heavy atom. The maximum absolute atomic E-state index is 11.7. The lowest BCUT2D eigenvalue weighted by atomic mass is 9.93. The number of carboxylic acids is 1. The topological polar surface area (TPSA) is 55.8 Å². The summed E-state index contributed by atoms with van der Waals surface area (Å²) in [6, 6.07) is 7.66. The standard InChI is InChI=1S/C15H19IO4/c1-4-15(5-2)19-12(14(3,20-15)13(17)18)10-8-6-7-9-11(10)16/h6-9,12H,4-5H2,1-3H3,(H,17,18)/t12-,14+/m0/s1. The van der Waals surface area contributed by atoms with Gasteiger partial charge in [0, 0.05) is 3.57 Å². The molecule has 1 aliphatic heterocycles. The summed E-state index contributed by atoms with van der Waals surface area (Å²) in [7, 11) is 0. The fourth-order valence-corrected chi connectivity index (χ4v) is 3.23. The van der Waals surface area contributed by atoms with E-state index in [1.165, 1.54) is 0 Å². The molecule has 0 unspecified atom stereocenters. The van der Waals surface area contributed by atoms with Gasteiger partial charge in [-0.15, -0.1) is 0 Å². The van der Waals surface area contributed by atoms with Crippen LogP contribution in [0.15, 0.2) is 24.3 Å². The Morgan fingerprint density at radius 3 is 2.45 bits per heavy atom. The van der Waals surface area contributed by atoms with Crippen LogP contribution >= 0.6 is 22.6 Å². The summed E-state index contributed by atoms with van der Waals surface area (Å²) < 4.78 is 13.0. The van der Waals surface area contributed by atoms with Crippen LogP contribution in [0.4, 0.5) is 0 Å². The molecule has 0 saturated carbocycles. The highest BCUT2D eigenvalue weighted by Crippen LogP contribution is 2.49. The Kier molecular flexibility index (Phi) is 4.41. The van der Waals surface area contributed by atoms with Gasteiger partial charge in [-0.05, 0) is 54.0 Å². The fourth-order valence-electron chi connectivity index (χ4n) is 2.56. The first-order chi connectivity index (χ1) is 9.38.